The van der Waals surface area contributed by atoms with Crippen LogP contribution >= 0.6 is 39.3 Å². The monoisotopic (exact) mass is 469 g/mol. The van der Waals surface area contributed by atoms with Crippen LogP contribution < -0.4 is 10.1 Å². The number of nitrogens with zero attached hydrogens (tertiary/aromatic N) is 4. The molecule has 0 bridgehead atoms. The summed E-state index contributed by atoms with van der Waals surface area (Å²) < 4.78 is 7.67. The van der Waals surface area contributed by atoms with Gasteiger partial charge in [0.05, 0.1) is 23.7 Å². The fraction of sp³-hybridized carbons (Fsp3) is 0.294. The first-order valence-corrected chi connectivity index (χ1v) is 10.3. The number of rotatable bonds is 5. The maximum Gasteiger partial charge on any atom is 0.253 e. The Morgan fingerprint density at radius 2 is 2.11 bits per heavy atom. The van der Waals surface area contributed by atoms with Crippen molar-refractivity contribution in [2.45, 2.75) is 25.4 Å². The predicted molar refractivity (Wildman–Crippen MR) is 110 cm³/mol. The van der Waals surface area contributed by atoms with Gasteiger partial charge in [0.25, 0.3) is 5.78 Å². The fourth-order valence-electron chi connectivity index (χ4n) is 2.75. The van der Waals surface area contributed by atoms with Crippen molar-refractivity contribution in [1.29, 1.82) is 0 Å². The van der Waals surface area contributed by atoms with Gasteiger partial charge in [-0.25, -0.2) is 9.50 Å². The number of fused-ring (bicyclic) bond motifs is 1. The van der Waals surface area contributed by atoms with Crippen molar-refractivity contribution >= 4 is 56.7 Å². The number of amides is 1. The Labute approximate surface area is 174 Å². The molecule has 3 aromatic rings. The average molecular weight is 471 g/mol. The number of aryl methyl sites for hydroxylation is 2. The first kappa shape index (κ1) is 19.9. The lowest BCUT2D eigenvalue weighted by molar-refractivity contribution is -0.115. The summed E-state index contributed by atoms with van der Waals surface area (Å²) in [6.45, 7) is 3.76. The van der Waals surface area contributed by atoms with Crippen molar-refractivity contribution in [3.05, 3.63) is 38.6 Å². The van der Waals surface area contributed by atoms with E-state index in [9.17, 15) is 4.79 Å². The number of halogens is 2. The van der Waals surface area contributed by atoms with Crippen LogP contribution in [0, 0.1) is 13.8 Å². The Kier molecular flexibility index (Phi) is 5.92. The number of anilines is 1. The summed E-state index contributed by atoms with van der Waals surface area (Å²) in [5.74, 6) is 0.828. The number of nitrogens with one attached hydrogen (secondary N) is 1. The highest BCUT2D eigenvalue weighted by molar-refractivity contribution is 9.10. The third-order valence-electron chi connectivity index (χ3n) is 4.04. The zero-order valence-electron chi connectivity index (χ0n) is 15.1. The van der Waals surface area contributed by atoms with E-state index in [1.807, 2.05) is 20.1 Å². The van der Waals surface area contributed by atoms with Crippen molar-refractivity contribution in [1.82, 2.24) is 19.6 Å². The summed E-state index contributed by atoms with van der Waals surface area (Å²) in [6.07, 6.45) is 2.05. The molecular formula is C17H17BrClN5O2S. The molecule has 0 saturated heterocycles. The highest BCUT2D eigenvalue weighted by Crippen LogP contribution is 2.36. The molecule has 142 valence electrons. The third kappa shape index (κ3) is 4.04. The van der Waals surface area contributed by atoms with E-state index in [4.69, 9.17) is 16.3 Å². The van der Waals surface area contributed by atoms with Gasteiger partial charge >= 0.3 is 0 Å². The first-order chi connectivity index (χ1) is 12.8. The number of carbonyl (C=O) groups excluding carboxylic acids is 1. The van der Waals surface area contributed by atoms with Crippen molar-refractivity contribution in [2.75, 3.05) is 18.7 Å². The molecule has 0 aliphatic carbocycles. The van der Waals surface area contributed by atoms with E-state index in [1.54, 1.807) is 16.6 Å². The Balaban J connectivity index is 1.91. The zero-order valence-corrected chi connectivity index (χ0v) is 18.3. The van der Waals surface area contributed by atoms with Crippen LogP contribution in [0.3, 0.4) is 0 Å². The minimum Gasteiger partial charge on any atom is -0.493 e. The molecule has 7 nitrogen and oxygen atoms in total. The van der Waals surface area contributed by atoms with Gasteiger partial charge in [0.2, 0.25) is 11.1 Å². The van der Waals surface area contributed by atoms with Gasteiger partial charge in [0.15, 0.2) is 5.75 Å². The van der Waals surface area contributed by atoms with Gasteiger partial charge in [-0.2, -0.15) is 4.98 Å². The second kappa shape index (κ2) is 8.04. The zero-order chi connectivity index (χ0) is 19.7. The summed E-state index contributed by atoms with van der Waals surface area (Å²) in [4.78, 5) is 21.5. The molecule has 27 heavy (non-hydrogen) atoms. The summed E-state index contributed by atoms with van der Waals surface area (Å²) in [6, 6.07) is 3.35. The number of benzene rings is 1. The SMILES string of the molecule is COc1c(Br)cc(Cl)cc1NC(=O)Cc1c(C)nc2nc(SC)nn2c1C. The molecule has 1 amide bonds. The number of ether oxygens (including phenoxy) is 1. The molecule has 2 heterocycles. The summed E-state index contributed by atoms with van der Waals surface area (Å²) >= 11 is 10.9. The molecule has 0 radical (unpaired) electrons. The van der Waals surface area contributed by atoms with E-state index in [0.717, 1.165) is 17.0 Å². The number of carbonyl (C=O) groups is 1. The number of methoxy groups -OCH3 is 1. The molecule has 1 aromatic carbocycles. The van der Waals surface area contributed by atoms with E-state index in [1.165, 1.54) is 18.9 Å². The molecule has 0 aliphatic heterocycles. The number of hydrogen-bond acceptors (Lipinski definition) is 6. The lowest BCUT2D eigenvalue weighted by atomic mass is 10.1. The molecule has 2 aromatic heterocycles. The average Bonchev–Trinajstić information content (AvgIpc) is 3.01. The Morgan fingerprint density at radius 1 is 1.37 bits per heavy atom. The topological polar surface area (TPSA) is 81.4 Å². The molecule has 0 aliphatic rings. The molecule has 0 fully saturated rings. The Bertz CT molecular complexity index is 1040. The first-order valence-electron chi connectivity index (χ1n) is 7.93. The number of hydrogen-bond donors (Lipinski definition) is 1. The summed E-state index contributed by atoms with van der Waals surface area (Å²) in [7, 11) is 1.53. The highest BCUT2D eigenvalue weighted by Gasteiger charge is 2.18. The standard InChI is InChI=1S/C17H17BrClN5O2S/c1-8-11(9(2)24-16(20-8)22-17(23-24)27-4)7-14(25)21-13-6-10(19)5-12(18)15(13)26-3/h5-6H,7H2,1-4H3,(H,21,25). The van der Waals surface area contributed by atoms with Gasteiger partial charge in [-0.15, -0.1) is 5.10 Å². The lowest BCUT2D eigenvalue weighted by Crippen LogP contribution is -2.18. The second-order valence-electron chi connectivity index (χ2n) is 5.76. The van der Waals surface area contributed by atoms with Gasteiger partial charge in [0.1, 0.15) is 0 Å². The fourth-order valence-corrected chi connectivity index (χ4v) is 4.06. The van der Waals surface area contributed by atoms with Crippen LogP contribution in [0.15, 0.2) is 21.8 Å². The largest absolute Gasteiger partial charge is 0.493 e. The van der Waals surface area contributed by atoms with E-state index in [0.29, 0.717) is 31.9 Å². The minimum atomic E-state index is -0.208. The maximum atomic E-state index is 12.7. The van der Waals surface area contributed by atoms with Crippen molar-refractivity contribution < 1.29 is 9.53 Å². The molecule has 0 saturated carbocycles. The summed E-state index contributed by atoms with van der Waals surface area (Å²) in [5.41, 5.74) is 2.88. The van der Waals surface area contributed by atoms with Crippen LogP contribution in [-0.2, 0) is 11.2 Å². The number of thioether (sulfide) groups is 1. The van der Waals surface area contributed by atoms with Crippen LogP contribution in [0.4, 0.5) is 5.69 Å². The maximum absolute atomic E-state index is 12.7. The molecular weight excluding hydrogens is 454 g/mol. The Hall–Kier alpha value is -1.84. The molecule has 1 N–H and O–H groups in total. The van der Waals surface area contributed by atoms with E-state index >= 15 is 0 Å². The number of aromatic nitrogens is 4. The molecule has 3 rings (SSSR count). The van der Waals surface area contributed by atoms with Gasteiger partial charge in [0, 0.05) is 22.0 Å². The van der Waals surface area contributed by atoms with Crippen molar-refractivity contribution in [3.63, 3.8) is 0 Å². The van der Waals surface area contributed by atoms with Gasteiger partial charge in [-0.1, -0.05) is 23.4 Å². The summed E-state index contributed by atoms with van der Waals surface area (Å²) in [5, 5.41) is 8.39. The van der Waals surface area contributed by atoms with Crippen LogP contribution in [0.1, 0.15) is 17.0 Å². The van der Waals surface area contributed by atoms with E-state index in [2.05, 4.69) is 36.3 Å². The normalized spacial score (nSPS) is 11.0. The quantitative estimate of drug-likeness (QED) is 0.566. The van der Waals surface area contributed by atoms with Gasteiger partial charge < -0.3 is 10.1 Å². The third-order valence-corrected chi connectivity index (χ3v) is 5.38. The van der Waals surface area contributed by atoms with Gasteiger partial charge in [-0.05, 0) is 48.2 Å². The minimum absolute atomic E-state index is 0.141. The lowest BCUT2D eigenvalue weighted by Gasteiger charge is -2.14. The molecule has 0 spiro atoms. The van der Waals surface area contributed by atoms with Crippen LogP contribution in [-0.4, -0.2) is 38.9 Å². The van der Waals surface area contributed by atoms with Crippen LogP contribution in [0.25, 0.3) is 5.78 Å². The Morgan fingerprint density at radius 3 is 2.78 bits per heavy atom. The van der Waals surface area contributed by atoms with Crippen molar-refractivity contribution in [2.24, 2.45) is 0 Å². The molecule has 10 heteroatoms. The van der Waals surface area contributed by atoms with E-state index < -0.39 is 0 Å². The van der Waals surface area contributed by atoms with Crippen LogP contribution in [0.5, 0.6) is 5.75 Å². The molecule has 0 atom stereocenters. The van der Waals surface area contributed by atoms with Crippen molar-refractivity contribution in [3.8, 4) is 5.75 Å². The van der Waals surface area contributed by atoms with Crippen LogP contribution in [0.2, 0.25) is 5.02 Å². The van der Waals surface area contributed by atoms with Gasteiger partial charge in [-0.3, -0.25) is 4.79 Å². The highest BCUT2D eigenvalue weighted by atomic mass is 79.9. The predicted octanol–water partition coefficient (Wildman–Crippen LogP) is 4.07. The second-order valence-corrected chi connectivity index (χ2v) is 7.83. The smallest absolute Gasteiger partial charge is 0.253 e. The molecule has 0 unspecified atom stereocenters. The van der Waals surface area contributed by atoms with E-state index in [-0.39, 0.29) is 12.3 Å².